The first kappa shape index (κ1) is 12.5. The fraction of sp³-hybridized carbons (Fsp3) is 0.750. The Hall–Kier alpha value is -0.910. The highest BCUT2D eigenvalue weighted by Crippen LogP contribution is 2.27. The summed E-state index contributed by atoms with van der Waals surface area (Å²) in [7, 11) is 1.70. The number of methoxy groups -OCH3 is 1. The minimum Gasteiger partial charge on any atom is -0.448 e. The highest BCUT2D eigenvalue weighted by molar-refractivity contribution is 5.13. The standard InChI is InChI=1S/C12H20N2O3/c1-15-6-4-13-7-11-12(17-9-14-11)10-3-2-5-16-8-10/h9-10,13H,2-8H2,1H3. The van der Waals surface area contributed by atoms with Crippen LogP contribution in [0.5, 0.6) is 0 Å². The molecule has 1 N–H and O–H groups in total. The van der Waals surface area contributed by atoms with Crippen molar-refractivity contribution < 1.29 is 13.9 Å². The normalized spacial score (nSPS) is 20.6. The van der Waals surface area contributed by atoms with Crippen molar-refractivity contribution in [3.05, 3.63) is 17.8 Å². The summed E-state index contributed by atoms with van der Waals surface area (Å²) in [6, 6.07) is 0. The van der Waals surface area contributed by atoms with Crippen LogP contribution in [-0.2, 0) is 16.0 Å². The van der Waals surface area contributed by atoms with E-state index in [-0.39, 0.29) is 0 Å². The van der Waals surface area contributed by atoms with Gasteiger partial charge in [-0.15, -0.1) is 0 Å². The van der Waals surface area contributed by atoms with Crippen LogP contribution >= 0.6 is 0 Å². The number of nitrogens with zero attached hydrogens (tertiary/aromatic N) is 1. The average Bonchev–Trinajstić information content (AvgIpc) is 2.84. The molecule has 0 radical (unpaired) electrons. The molecule has 5 nitrogen and oxygen atoms in total. The number of rotatable bonds is 6. The Balaban J connectivity index is 1.87. The first-order valence-corrected chi connectivity index (χ1v) is 6.11. The van der Waals surface area contributed by atoms with Crippen molar-refractivity contribution in [2.24, 2.45) is 0 Å². The predicted molar refractivity (Wildman–Crippen MR) is 62.9 cm³/mol. The fourth-order valence-corrected chi connectivity index (χ4v) is 2.07. The van der Waals surface area contributed by atoms with Crippen LogP contribution in [0.4, 0.5) is 0 Å². The molecular weight excluding hydrogens is 220 g/mol. The lowest BCUT2D eigenvalue weighted by atomic mass is 9.98. The van der Waals surface area contributed by atoms with Crippen molar-refractivity contribution in [2.45, 2.75) is 25.3 Å². The Labute approximate surface area is 102 Å². The number of aromatic nitrogens is 1. The highest BCUT2D eigenvalue weighted by Gasteiger charge is 2.22. The van der Waals surface area contributed by atoms with Gasteiger partial charge in [-0.2, -0.15) is 0 Å². The lowest BCUT2D eigenvalue weighted by Crippen LogP contribution is -2.21. The number of hydrogen-bond acceptors (Lipinski definition) is 5. The minimum absolute atomic E-state index is 0.366. The largest absolute Gasteiger partial charge is 0.448 e. The van der Waals surface area contributed by atoms with Gasteiger partial charge < -0.3 is 19.2 Å². The molecule has 1 aliphatic rings. The Morgan fingerprint density at radius 1 is 1.59 bits per heavy atom. The van der Waals surface area contributed by atoms with Gasteiger partial charge in [-0.3, -0.25) is 0 Å². The topological polar surface area (TPSA) is 56.5 Å². The Morgan fingerprint density at radius 2 is 2.53 bits per heavy atom. The van der Waals surface area contributed by atoms with Crippen LogP contribution < -0.4 is 5.32 Å². The Morgan fingerprint density at radius 3 is 3.29 bits per heavy atom. The zero-order valence-corrected chi connectivity index (χ0v) is 10.3. The monoisotopic (exact) mass is 240 g/mol. The van der Waals surface area contributed by atoms with Gasteiger partial charge >= 0.3 is 0 Å². The van der Waals surface area contributed by atoms with Crippen LogP contribution in [-0.4, -0.2) is 38.5 Å². The quantitative estimate of drug-likeness (QED) is 0.760. The van der Waals surface area contributed by atoms with E-state index in [4.69, 9.17) is 13.9 Å². The van der Waals surface area contributed by atoms with Gasteiger partial charge in [-0.05, 0) is 12.8 Å². The first-order chi connectivity index (χ1) is 8.42. The molecule has 1 aromatic rings. The van der Waals surface area contributed by atoms with Crippen molar-refractivity contribution in [2.75, 3.05) is 33.5 Å². The summed E-state index contributed by atoms with van der Waals surface area (Å²) in [6.45, 7) is 3.88. The maximum absolute atomic E-state index is 5.50. The van der Waals surface area contributed by atoms with E-state index in [9.17, 15) is 0 Å². The van der Waals surface area contributed by atoms with E-state index in [0.717, 1.165) is 50.6 Å². The van der Waals surface area contributed by atoms with Crippen molar-refractivity contribution in [3.63, 3.8) is 0 Å². The summed E-state index contributed by atoms with van der Waals surface area (Å²) in [5.41, 5.74) is 0.997. The smallest absolute Gasteiger partial charge is 0.181 e. The van der Waals surface area contributed by atoms with E-state index in [1.165, 1.54) is 6.39 Å². The van der Waals surface area contributed by atoms with Gasteiger partial charge in [0.1, 0.15) is 5.76 Å². The zero-order valence-electron chi connectivity index (χ0n) is 10.3. The predicted octanol–water partition coefficient (Wildman–Crippen LogP) is 1.30. The van der Waals surface area contributed by atoms with E-state index in [1.807, 2.05) is 0 Å². The third-order valence-electron chi connectivity index (χ3n) is 2.98. The van der Waals surface area contributed by atoms with Gasteiger partial charge in [-0.1, -0.05) is 0 Å². The number of ether oxygens (including phenoxy) is 2. The van der Waals surface area contributed by atoms with Gasteiger partial charge in [-0.25, -0.2) is 4.98 Å². The molecule has 0 aromatic carbocycles. The summed E-state index contributed by atoms with van der Waals surface area (Å²) in [4.78, 5) is 4.26. The molecule has 1 aliphatic heterocycles. The number of nitrogens with one attached hydrogen (secondary N) is 1. The van der Waals surface area contributed by atoms with E-state index < -0.39 is 0 Å². The molecule has 96 valence electrons. The van der Waals surface area contributed by atoms with Crippen molar-refractivity contribution in [3.8, 4) is 0 Å². The van der Waals surface area contributed by atoms with Crippen molar-refractivity contribution in [1.29, 1.82) is 0 Å². The highest BCUT2D eigenvalue weighted by atomic mass is 16.5. The van der Waals surface area contributed by atoms with E-state index in [0.29, 0.717) is 12.5 Å². The van der Waals surface area contributed by atoms with Crippen molar-refractivity contribution >= 4 is 0 Å². The van der Waals surface area contributed by atoms with E-state index >= 15 is 0 Å². The third kappa shape index (κ3) is 3.52. The van der Waals surface area contributed by atoms with E-state index in [1.54, 1.807) is 7.11 Å². The second kappa shape index (κ2) is 6.74. The van der Waals surface area contributed by atoms with Crippen LogP contribution in [0.25, 0.3) is 0 Å². The second-order valence-electron chi connectivity index (χ2n) is 4.25. The molecule has 2 heterocycles. The van der Waals surface area contributed by atoms with Crippen LogP contribution in [0.1, 0.15) is 30.2 Å². The molecule has 0 spiro atoms. The molecule has 0 aliphatic carbocycles. The molecule has 0 amide bonds. The van der Waals surface area contributed by atoms with Gasteiger partial charge in [0.05, 0.1) is 18.9 Å². The molecule has 1 saturated heterocycles. The molecule has 2 rings (SSSR count). The average molecular weight is 240 g/mol. The molecule has 1 atom stereocenters. The Bertz CT molecular complexity index is 321. The second-order valence-corrected chi connectivity index (χ2v) is 4.25. The molecule has 0 bridgehead atoms. The molecule has 1 fully saturated rings. The molecule has 0 saturated carbocycles. The van der Waals surface area contributed by atoms with E-state index in [2.05, 4.69) is 10.3 Å². The molecule has 1 unspecified atom stereocenters. The number of oxazole rings is 1. The third-order valence-corrected chi connectivity index (χ3v) is 2.98. The SMILES string of the molecule is COCCNCc1ncoc1C1CCCOC1. The van der Waals surface area contributed by atoms with Gasteiger partial charge in [0.15, 0.2) is 6.39 Å². The van der Waals surface area contributed by atoms with Crippen LogP contribution in [0, 0.1) is 0 Å². The van der Waals surface area contributed by atoms with Crippen LogP contribution in [0.3, 0.4) is 0 Å². The van der Waals surface area contributed by atoms with Gasteiger partial charge in [0, 0.05) is 32.7 Å². The zero-order chi connectivity index (χ0) is 11.9. The molecular formula is C12H20N2O3. The summed E-state index contributed by atoms with van der Waals surface area (Å²) in [6.07, 6.45) is 3.75. The molecule has 1 aromatic heterocycles. The van der Waals surface area contributed by atoms with Crippen LogP contribution in [0.2, 0.25) is 0 Å². The molecule has 17 heavy (non-hydrogen) atoms. The fourth-order valence-electron chi connectivity index (χ4n) is 2.07. The number of hydrogen-bond donors (Lipinski definition) is 1. The summed E-state index contributed by atoms with van der Waals surface area (Å²) in [5, 5.41) is 3.28. The first-order valence-electron chi connectivity index (χ1n) is 6.11. The van der Waals surface area contributed by atoms with Crippen molar-refractivity contribution in [1.82, 2.24) is 10.3 Å². The lowest BCUT2D eigenvalue weighted by molar-refractivity contribution is 0.0737. The summed E-state index contributed by atoms with van der Waals surface area (Å²) in [5.74, 6) is 1.35. The summed E-state index contributed by atoms with van der Waals surface area (Å²) >= 11 is 0. The lowest BCUT2D eigenvalue weighted by Gasteiger charge is -2.20. The minimum atomic E-state index is 0.366. The molecule has 5 heteroatoms. The summed E-state index contributed by atoms with van der Waals surface area (Å²) < 4.78 is 16.0. The maximum Gasteiger partial charge on any atom is 0.181 e. The van der Waals surface area contributed by atoms with Crippen LogP contribution in [0.15, 0.2) is 10.8 Å². The maximum atomic E-state index is 5.50. The van der Waals surface area contributed by atoms with Gasteiger partial charge in [0.2, 0.25) is 0 Å². The Kier molecular flexibility index (Phi) is 4.97. The van der Waals surface area contributed by atoms with Gasteiger partial charge in [0.25, 0.3) is 0 Å².